The molecule has 8 aromatic carbocycles. The smallest absolute Gasteiger partial charge is 0.187 e. The molecule has 0 saturated heterocycles. The lowest BCUT2D eigenvalue weighted by Gasteiger charge is -2.31. The van der Waals surface area contributed by atoms with Gasteiger partial charge in [-0.05, 0) is 119 Å². The molecule has 8 rings (SSSR count). The van der Waals surface area contributed by atoms with Crippen molar-refractivity contribution in [1.29, 1.82) is 5.26 Å². The molecule has 0 aliphatic rings. The van der Waals surface area contributed by atoms with Crippen molar-refractivity contribution in [3.05, 3.63) is 162 Å². The Kier molecular flexibility index (Phi) is 9.08. The van der Waals surface area contributed by atoms with Crippen molar-refractivity contribution < 1.29 is 0 Å². The highest BCUT2D eigenvalue weighted by molar-refractivity contribution is 6.89. The average molecular weight is 759 g/mol. The number of rotatable bonds is 8. The highest BCUT2D eigenvalue weighted by atomic mass is 28.3. The molecule has 0 saturated carbocycles. The lowest BCUT2D eigenvalue weighted by atomic mass is 9.88. The summed E-state index contributed by atoms with van der Waals surface area (Å²) in [7, 11) is -3.03. The second kappa shape index (κ2) is 13.8. The van der Waals surface area contributed by atoms with Crippen molar-refractivity contribution in [3.63, 3.8) is 0 Å². The molecule has 0 aliphatic carbocycles. The lowest BCUT2D eigenvalue weighted by Crippen LogP contribution is -2.37. The molecule has 0 N–H and O–H groups in total. The van der Waals surface area contributed by atoms with Gasteiger partial charge in [0.05, 0.1) is 45.7 Å². The number of anilines is 6. The van der Waals surface area contributed by atoms with Crippen LogP contribution in [0, 0.1) is 31.8 Å². The maximum absolute atomic E-state index is 9.67. The highest BCUT2D eigenvalue weighted by Gasteiger charge is 2.25. The molecular weight excluding hydrogens is 713 g/mol. The summed E-state index contributed by atoms with van der Waals surface area (Å²) in [6, 6.07) is 50.3. The first-order valence-electron chi connectivity index (χ1n) is 19.3. The van der Waals surface area contributed by atoms with Crippen LogP contribution in [0.25, 0.3) is 37.2 Å². The molecule has 0 amide bonds. The summed E-state index contributed by atoms with van der Waals surface area (Å²) in [5.74, 6) is 0. The molecular formula is C50H46N4Si2. The minimum atomic E-state index is -1.51. The van der Waals surface area contributed by atoms with Crippen LogP contribution >= 0.6 is 0 Å². The number of nitrogens with zero attached hydrogens (tertiary/aromatic N) is 4. The van der Waals surface area contributed by atoms with Gasteiger partial charge in [-0.2, -0.15) is 5.26 Å². The van der Waals surface area contributed by atoms with Crippen LogP contribution < -0.4 is 20.2 Å². The molecule has 0 heterocycles. The van der Waals surface area contributed by atoms with Crippen molar-refractivity contribution in [2.24, 2.45) is 0 Å². The Hall–Kier alpha value is -6.19. The molecule has 0 bridgehead atoms. The third-order valence-corrected chi connectivity index (χ3v) is 15.4. The van der Waals surface area contributed by atoms with Crippen LogP contribution in [0.4, 0.5) is 39.8 Å². The van der Waals surface area contributed by atoms with E-state index in [1.165, 1.54) is 53.8 Å². The van der Waals surface area contributed by atoms with E-state index in [1.54, 1.807) is 0 Å². The van der Waals surface area contributed by atoms with E-state index in [-0.39, 0.29) is 0 Å². The molecule has 56 heavy (non-hydrogen) atoms. The first-order valence-corrected chi connectivity index (χ1v) is 26.3. The zero-order chi connectivity index (χ0) is 39.5. The van der Waals surface area contributed by atoms with E-state index >= 15 is 0 Å². The van der Waals surface area contributed by atoms with Gasteiger partial charge in [-0.1, -0.05) is 110 Å². The molecule has 8 aromatic rings. The van der Waals surface area contributed by atoms with Gasteiger partial charge in [-0.3, -0.25) is 0 Å². The van der Waals surface area contributed by atoms with Crippen LogP contribution in [-0.2, 0) is 0 Å². The van der Waals surface area contributed by atoms with E-state index in [0.717, 1.165) is 34.1 Å². The quantitative estimate of drug-likeness (QED) is 0.0879. The standard InChI is InChI=1S/C50H46N4Si2/c1-33-30-47(53(37-14-10-35(32-51)11-15-37)39-18-22-41(23-19-39)55(4,5)6)45-28-26-44-34(2)31-48(46-29-27-43(33)49(45)50(44)46)54(38-16-12-36(52-3)13-17-38)40-20-24-42(25-21-40)56(7,8)9/h10-31H,1-2,4-9H3. The fraction of sp³-hybridized carbons (Fsp3) is 0.160. The third kappa shape index (κ3) is 6.41. The van der Waals surface area contributed by atoms with Crippen molar-refractivity contribution in [3.8, 4) is 6.07 Å². The predicted molar refractivity (Wildman–Crippen MR) is 246 cm³/mol. The van der Waals surface area contributed by atoms with Crippen LogP contribution in [0.5, 0.6) is 0 Å². The Morgan fingerprint density at radius 3 is 1.16 bits per heavy atom. The Balaban J connectivity index is 1.41. The monoisotopic (exact) mass is 758 g/mol. The average Bonchev–Trinajstić information content (AvgIpc) is 3.19. The molecule has 4 nitrogen and oxygen atoms in total. The maximum Gasteiger partial charge on any atom is 0.187 e. The zero-order valence-corrected chi connectivity index (χ0v) is 35.5. The minimum Gasteiger partial charge on any atom is -0.310 e. The summed E-state index contributed by atoms with van der Waals surface area (Å²) in [6.45, 7) is 26.4. The normalized spacial score (nSPS) is 11.9. The van der Waals surface area contributed by atoms with Gasteiger partial charge in [-0.15, -0.1) is 0 Å². The molecule has 0 aliphatic heterocycles. The molecule has 0 atom stereocenters. The Morgan fingerprint density at radius 2 is 0.821 bits per heavy atom. The van der Waals surface area contributed by atoms with Crippen molar-refractivity contribution in [2.45, 2.75) is 53.1 Å². The van der Waals surface area contributed by atoms with Crippen LogP contribution in [-0.4, -0.2) is 16.1 Å². The highest BCUT2D eigenvalue weighted by Crippen LogP contribution is 2.49. The molecule has 0 spiro atoms. The SMILES string of the molecule is [C-]#[N+]c1ccc(N(c2ccc([Si](C)(C)C)cc2)c2cc(C)c3ccc4c(N(c5ccc(C#N)cc5)c5ccc([Si](C)(C)C)cc5)cc(C)c5ccc2c3c54)cc1. The second-order valence-electron chi connectivity index (χ2n) is 17.0. The summed E-state index contributed by atoms with van der Waals surface area (Å²) >= 11 is 0. The van der Waals surface area contributed by atoms with Gasteiger partial charge < -0.3 is 9.80 Å². The van der Waals surface area contributed by atoms with Gasteiger partial charge in [-0.25, -0.2) is 4.85 Å². The van der Waals surface area contributed by atoms with Gasteiger partial charge in [0.15, 0.2) is 5.69 Å². The predicted octanol–water partition coefficient (Wildman–Crippen LogP) is 13.7. The largest absolute Gasteiger partial charge is 0.310 e. The van der Waals surface area contributed by atoms with Crippen molar-refractivity contribution in [1.82, 2.24) is 0 Å². The Bertz CT molecular complexity index is 2630. The van der Waals surface area contributed by atoms with Crippen LogP contribution in [0.3, 0.4) is 0 Å². The number of hydrogen-bond acceptors (Lipinski definition) is 3. The lowest BCUT2D eigenvalue weighted by molar-refractivity contribution is 1.29. The summed E-state index contributed by atoms with van der Waals surface area (Å²) in [5, 5.41) is 19.8. The molecule has 0 unspecified atom stereocenters. The van der Waals surface area contributed by atoms with Crippen molar-refractivity contribution >= 4 is 98.7 Å². The van der Waals surface area contributed by atoms with E-state index < -0.39 is 16.1 Å². The van der Waals surface area contributed by atoms with E-state index in [1.807, 2.05) is 24.3 Å². The summed E-state index contributed by atoms with van der Waals surface area (Å²) < 4.78 is 0. The Morgan fingerprint density at radius 1 is 0.482 bits per heavy atom. The zero-order valence-electron chi connectivity index (χ0n) is 33.5. The van der Waals surface area contributed by atoms with E-state index in [2.05, 4.69) is 183 Å². The third-order valence-electron chi connectivity index (χ3n) is 11.2. The van der Waals surface area contributed by atoms with E-state index in [9.17, 15) is 5.26 Å². The van der Waals surface area contributed by atoms with Gasteiger partial charge in [0, 0.05) is 33.5 Å². The molecule has 0 radical (unpaired) electrons. The number of benzene rings is 8. The molecule has 0 fully saturated rings. The summed E-state index contributed by atoms with van der Waals surface area (Å²) in [6.07, 6.45) is 0. The molecule has 6 heteroatoms. The number of aryl methyl sites for hydroxylation is 2. The van der Waals surface area contributed by atoms with Crippen molar-refractivity contribution in [2.75, 3.05) is 9.80 Å². The first kappa shape index (κ1) is 36.8. The van der Waals surface area contributed by atoms with E-state index in [0.29, 0.717) is 11.3 Å². The number of nitriles is 1. The van der Waals surface area contributed by atoms with Gasteiger partial charge in [0.2, 0.25) is 0 Å². The second-order valence-corrected chi connectivity index (χ2v) is 27.2. The molecule has 0 aromatic heterocycles. The van der Waals surface area contributed by atoms with E-state index in [4.69, 9.17) is 6.57 Å². The maximum atomic E-state index is 9.67. The van der Waals surface area contributed by atoms with Crippen LogP contribution in [0.1, 0.15) is 16.7 Å². The minimum absolute atomic E-state index is 0.624. The first-order chi connectivity index (χ1) is 26.8. The van der Waals surface area contributed by atoms with Crippen LogP contribution in [0.15, 0.2) is 133 Å². The molecule has 274 valence electrons. The van der Waals surface area contributed by atoms with Crippen LogP contribution in [0.2, 0.25) is 39.3 Å². The topological polar surface area (TPSA) is 34.6 Å². The van der Waals surface area contributed by atoms with Gasteiger partial charge in [0.1, 0.15) is 0 Å². The summed E-state index contributed by atoms with van der Waals surface area (Å²) in [5.41, 5.74) is 10.1. The fourth-order valence-corrected chi connectivity index (χ4v) is 10.4. The Labute approximate surface area is 333 Å². The fourth-order valence-electron chi connectivity index (χ4n) is 8.11. The van der Waals surface area contributed by atoms with Gasteiger partial charge >= 0.3 is 0 Å². The number of hydrogen-bond donors (Lipinski definition) is 0. The summed E-state index contributed by atoms with van der Waals surface area (Å²) in [4.78, 5) is 8.40. The van der Waals surface area contributed by atoms with Gasteiger partial charge in [0.25, 0.3) is 0 Å².